The number of methoxy groups -OCH3 is 1. The lowest BCUT2D eigenvalue weighted by Crippen LogP contribution is -2.53. The number of nitrogens with two attached hydrogens (primary N) is 1. The van der Waals surface area contributed by atoms with Gasteiger partial charge in [0.1, 0.15) is 11.4 Å². The number of fused-ring (bicyclic) bond motifs is 3. The van der Waals surface area contributed by atoms with Crippen molar-refractivity contribution in [2.24, 2.45) is 17.1 Å². The van der Waals surface area contributed by atoms with E-state index in [9.17, 15) is 31.1 Å². The molecule has 6 rings (SSSR count). The van der Waals surface area contributed by atoms with Gasteiger partial charge in [-0.1, -0.05) is 29.5 Å². The van der Waals surface area contributed by atoms with Gasteiger partial charge in [0.15, 0.2) is 0 Å². The molecule has 3 aliphatic carbocycles. The number of alkyl halides is 6. The maximum absolute atomic E-state index is 13.9. The summed E-state index contributed by atoms with van der Waals surface area (Å²) >= 11 is 0. The SMILES string of the molecule is COc1ccc(CC(C(N)=O)C23CCC(n4nnc(-c5ccccc5C(F)(F)F)c4C)(CC2)CC3)c(C(F)(F)F)c1. The molecule has 3 saturated carbocycles. The van der Waals surface area contributed by atoms with Crippen LogP contribution in [0.1, 0.15) is 60.9 Å². The number of halogens is 6. The van der Waals surface area contributed by atoms with Crippen molar-refractivity contribution in [3.63, 3.8) is 0 Å². The molecule has 1 atom stereocenters. The van der Waals surface area contributed by atoms with Gasteiger partial charge < -0.3 is 10.5 Å². The monoisotopic (exact) mass is 580 g/mol. The van der Waals surface area contributed by atoms with Crippen LogP contribution in [0.5, 0.6) is 5.75 Å². The van der Waals surface area contributed by atoms with Crippen LogP contribution in [-0.2, 0) is 29.1 Å². The lowest BCUT2D eigenvalue weighted by atomic mass is 9.52. The van der Waals surface area contributed by atoms with E-state index in [0.29, 0.717) is 44.2 Å². The molecule has 6 nitrogen and oxygen atoms in total. The minimum absolute atomic E-state index is 0.0148. The standard InChI is InChI=1S/C29H30F6N4O2/c1-17-24(20-5-3-4-6-21(20)28(30,31)32)37-38-39(17)27-12-9-26(10-13-27,11-14-27)23(25(36)40)15-18-7-8-19(41-2)16-22(18)29(33,34)35/h3-8,16,23H,9-15H2,1-2H3,(H2,36,40). The smallest absolute Gasteiger partial charge is 0.417 e. The Labute approximate surface area is 232 Å². The summed E-state index contributed by atoms with van der Waals surface area (Å²) < 4.78 is 89.4. The van der Waals surface area contributed by atoms with Crippen LogP contribution >= 0.6 is 0 Å². The topological polar surface area (TPSA) is 83.0 Å². The summed E-state index contributed by atoms with van der Waals surface area (Å²) in [5, 5.41) is 8.45. The minimum Gasteiger partial charge on any atom is -0.497 e. The van der Waals surface area contributed by atoms with E-state index in [0.717, 1.165) is 12.1 Å². The summed E-state index contributed by atoms with van der Waals surface area (Å²) in [6.45, 7) is 1.70. The quantitative estimate of drug-likeness (QED) is 0.316. The molecule has 0 saturated heterocycles. The zero-order chi connectivity index (χ0) is 29.8. The Bertz CT molecular complexity index is 1440. The van der Waals surface area contributed by atoms with Crippen LogP contribution in [0.2, 0.25) is 0 Å². The summed E-state index contributed by atoms with van der Waals surface area (Å²) in [5.74, 6) is -1.40. The molecule has 0 spiro atoms. The molecule has 220 valence electrons. The number of amides is 1. The molecule has 41 heavy (non-hydrogen) atoms. The van der Waals surface area contributed by atoms with E-state index in [-0.39, 0.29) is 29.0 Å². The van der Waals surface area contributed by atoms with Gasteiger partial charge in [-0.2, -0.15) is 26.3 Å². The second-order valence-corrected chi connectivity index (χ2v) is 11.2. The molecular weight excluding hydrogens is 550 g/mol. The molecule has 0 radical (unpaired) electrons. The van der Waals surface area contributed by atoms with E-state index in [1.54, 1.807) is 11.6 Å². The van der Waals surface area contributed by atoms with Crippen LogP contribution < -0.4 is 10.5 Å². The van der Waals surface area contributed by atoms with Crippen molar-refractivity contribution in [1.82, 2.24) is 15.0 Å². The van der Waals surface area contributed by atoms with Crippen LogP contribution in [0.25, 0.3) is 11.3 Å². The number of hydrogen-bond acceptors (Lipinski definition) is 4. The summed E-state index contributed by atoms with van der Waals surface area (Å²) in [6, 6.07) is 8.94. The Morgan fingerprint density at radius 3 is 2.15 bits per heavy atom. The molecule has 1 heterocycles. The fourth-order valence-corrected chi connectivity index (χ4v) is 6.96. The molecule has 1 aromatic heterocycles. The van der Waals surface area contributed by atoms with Crippen molar-refractivity contribution < 1.29 is 35.9 Å². The molecular formula is C29H30F6N4O2. The highest BCUT2D eigenvalue weighted by Gasteiger charge is 2.55. The zero-order valence-electron chi connectivity index (χ0n) is 22.6. The Kier molecular flexibility index (Phi) is 7.10. The third kappa shape index (κ3) is 5.05. The van der Waals surface area contributed by atoms with Gasteiger partial charge in [-0.25, -0.2) is 4.68 Å². The first kappa shape index (κ1) is 28.9. The molecule has 2 aromatic carbocycles. The number of carbonyl (C=O) groups is 1. The first-order valence-corrected chi connectivity index (χ1v) is 13.3. The molecule has 2 N–H and O–H groups in total. The van der Waals surface area contributed by atoms with E-state index < -0.39 is 46.3 Å². The van der Waals surface area contributed by atoms with Gasteiger partial charge in [-0.05, 0) is 81.0 Å². The normalized spacial score (nSPS) is 23.4. The third-order valence-electron chi connectivity index (χ3n) is 9.23. The molecule has 2 bridgehead atoms. The lowest BCUT2D eigenvalue weighted by Gasteiger charge is -2.55. The Balaban J connectivity index is 1.42. The van der Waals surface area contributed by atoms with Crippen molar-refractivity contribution in [3.8, 4) is 17.0 Å². The Hall–Kier alpha value is -3.57. The van der Waals surface area contributed by atoms with Crippen molar-refractivity contribution in [2.75, 3.05) is 7.11 Å². The van der Waals surface area contributed by atoms with Crippen molar-refractivity contribution in [2.45, 2.75) is 69.8 Å². The molecule has 3 fully saturated rings. The maximum Gasteiger partial charge on any atom is 0.417 e. The van der Waals surface area contributed by atoms with Crippen LogP contribution in [-0.4, -0.2) is 28.0 Å². The number of hydrogen-bond donors (Lipinski definition) is 1. The van der Waals surface area contributed by atoms with Crippen molar-refractivity contribution in [1.29, 1.82) is 0 Å². The van der Waals surface area contributed by atoms with E-state index in [1.165, 1.54) is 37.4 Å². The number of benzene rings is 2. The van der Waals surface area contributed by atoms with Crippen LogP contribution in [0.15, 0.2) is 42.5 Å². The number of nitrogens with zero attached hydrogens (tertiary/aromatic N) is 3. The van der Waals surface area contributed by atoms with Gasteiger partial charge >= 0.3 is 12.4 Å². The highest BCUT2D eigenvalue weighted by atomic mass is 19.4. The lowest BCUT2D eigenvalue weighted by molar-refractivity contribution is -0.140. The van der Waals surface area contributed by atoms with Crippen molar-refractivity contribution in [3.05, 3.63) is 64.8 Å². The van der Waals surface area contributed by atoms with Gasteiger partial charge in [-0.3, -0.25) is 4.79 Å². The van der Waals surface area contributed by atoms with Gasteiger partial charge in [0.05, 0.1) is 29.5 Å². The second-order valence-electron chi connectivity index (χ2n) is 11.2. The summed E-state index contributed by atoms with van der Waals surface area (Å²) in [5.41, 5.74) is 3.69. The predicted octanol–water partition coefficient (Wildman–Crippen LogP) is 6.69. The van der Waals surface area contributed by atoms with E-state index in [4.69, 9.17) is 10.5 Å². The number of rotatable bonds is 7. The van der Waals surface area contributed by atoms with Gasteiger partial charge in [-0.15, -0.1) is 5.10 Å². The van der Waals surface area contributed by atoms with Gasteiger partial charge in [0, 0.05) is 11.5 Å². The first-order chi connectivity index (χ1) is 19.2. The summed E-state index contributed by atoms with van der Waals surface area (Å²) in [6.07, 6.45) is -6.13. The van der Waals surface area contributed by atoms with Crippen LogP contribution in [0.4, 0.5) is 26.3 Å². The number of aromatic nitrogens is 3. The summed E-state index contributed by atoms with van der Waals surface area (Å²) in [4.78, 5) is 12.7. The molecule has 3 aliphatic rings. The number of carbonyl (C=O) groups excluding carboxylic acids is 1. The molecule has 0 aliphatic heterocycles. The largest absolute Gasteiger partial charge is 0.497 e. The zero-order valence-corrected chi connectivity index (χ0v) is 22.6. The molecule has 1 amide bonds. The van der Waals surface area contributed by atoms with Gasteiger partial charge in [0.25, 0.3) is 0 Å². The average molecular weight is 581 g/mol. The fraction of sp³-hybridized carbons (Fsp3) is 0.483. The van der Waals surface area contributed by atoms with Crippen LogP contribution in [0.3, 0.4) is 0 Å². The highest BCUT2D eigenvalue weighted by molar-refractivity contribution is 5.78. The Morgan fingerprint density at radius 1 is 0.976 bits per heavy atom. The summed E-state index contributed by atoms with van der Waals surface area (Å²) in [7, 11) is 1.28. The van der Waals surface area contributed by atoms with Crippen LogP contribution in [0, 0.1) is 18.3 Å². The minimum atomic E-state index is -4.63. The number of ether oxygens (including phenoxy) is 1. The van der Waals surface area contributed by atoms with E-state index >= 15 is 0 Å². The average Bonchev–Trinajstić information content (AvgIpc) is 3.33. The maximum atomic E-state index is 13.9. The van der Waals surface area contributed by atoms with E-state index in [1.807, 2.05) is 0 Å². The third-order valence-corrected chi connectivity index (χ3v) is 9.23. The van der Waals surface area contributed by atoms with Crippen molar-refractivity contribution >= 4 is 5.91 Å². The van der Waals surface area contributed by atoms with Gasteiger partial charge in [0.2, 0.25) is 5.91 Å². The molecule has 3 aromatic rings. The first-order valence-electron chi connectivity index (χ1n) is 13.3. The predicted molar refractivity (Wildman–Crippen MR) is 138 cm³/mol. The molecule has 1 unspecified atom stereocenters. The highest BCUT2D eigenvalue weighted by Crippen LogP contribution is 2.60. The Morgan fingerprint density at radius 2 is 1.59 bits per heavy atom. The van der Waals surface area contributed by atoms with E-state index in [2.05, 4.69) is 10.3 Å². The fourth-order valence-electron chi connectivity index (χ4n) is 6.96. The second kappa shape index (κ2) is 10.1. The molecule has 12 heteroatoms. The number of primary amides is 1.